The van der Waals surface area contributed by atoms with Gasteiger partial charge in [0.15, 0.2) is 12.3 Å². The van der Waals surface area contributed by atoms with Crippen LogP contribution in [-0.2, 0) is 11.8 Å². The minimum Gasteiger partial charge on any atom is -0.490 e. The summed E-state index contributed by atoms with van der Waals surface area (Å²) in [5, 5.41) is 14.0. The number of benzene rings is 1. The zero-order valence-corrected chi connectivity index (χ0v) is 15.8. The van der Waals surface area contributed by atoms with Crippen LogP contribution in [0.25, 0.3) is 0 Å². The maximum absolute atomic E-state index is 12.6. The highest BCUT2D eigenvalue weighted by molar-refractivity contribution is 5.92. The van der Waals surface area contributed by atoms with E-state index in [1.807, 2.05) is 19.3 Å². The summed E-state index contributed by atoms with van der Waals surface area (Å²) in [6.45, 7) is 3.04. The molecule has 0 radical (unpaired) electrons. The second-order valence-electron chi connectivity index (χ2n) is 6.97. The number of aryl methyl sites for hydroxylation is 2. The molecular weight excluding hydrogens is 348 g/mol. The van der Waals surface area contributed by atoms with E-state index >= 15 is 0 Å². The molecule has 1 saturated heterocycles. The lowest BCUT2D eigenvalue weighted by molar-refractivity contribution is -0.910. The van der Waals surface area contributed by atoms with Crippen LogP contribution in [0.5, 0.6) is 5.75 Å². The average molecular weight is 373 g/mol. The standard InChI is InChI=1S/C19H24N4O4/c1-13-10-17(23(25)26)18(27-3)11-14(13)20-19(24)12-22-9-5-7-16(22)15-6-4-8-21(15)2/h4,6,8,10-11,16H,5,7,9,12H2,1-3H3,(H,20,24)/p+1/t16-/m0/s1. The van der Waals surface area contributed by atoms with Gasteiger partial charge in [0, 0.05) is 43.9 Å². The monoisotopic (exact) mass is 373 g/mol. The van der Waals surface area contributed by atoms with Crippen molar-refractivity contribution < 1.29 is 19.4 Å². The Bertz CT molecular complexity index is 861. The highest BCUT2D eigenvalue weighted by atomic mass is 16.6. The fourth-order valence-electron chi connectivity index (χ4n) is 3.83. The lowest BCUT2D eigenvalue weighted by Crippen LogP contribution is -3.11. The Morgan fingerprint density at radius 3 is 2.89 bits per heavy atom. The van der Waals surface area contributed by atoms with Crippen molar-refractivity contribution in [3.8, 4) is 5.75 Å². The minimum absolute atomic E-state index is 0.106. The minimum atomic E-state index is -0.490. The van der Waals surface area contributed by atoms with Gasteiger partial charge in [-0.3, -0.25) is 14.9 Å². The Morgan fingerprint density at radius 1 is 1.48 bits per heavy atom. The Morgan fingerprint density at radius 2 is 2.26 bits per heavy atom. The summed E-state index contributed by atoms with van der Waals surface area (Å²) in [5.74, 6) is 0.0289. The number of nitro groups is 1. The Labute approximate surface area is 157 Å². The van der Waals surface area contributed by atoms with Crippen molar-refractivity contribution in [2.45, 2.75) is 25.8 Å². The summed E-state index contributed by atoms with van der Waals surface area (Å²) >= 11 is 0. The molecule has 3 rings (SSSR count). The van der Waals surface area contributed by atoms with E-state index in [9.17, 15) is 14.9 Å². The van der Waals surface area contributed by atoms with E-state index in [1.165, 1.54) is 29.8 Å². The van der Waals surface area contributed by atoms with Gasteiger partial charge in [-0.25, -0.2) is 0 Å². The molecule has 0 bridgehead atoms. The Balaban J connectivity index is 1.72. The third-order valence-electron chi connectivity index (χ3n) is 5.21. The first-order chi connectivity index (χ1) is 12.9. The van der Waals surface area contributed by atoms with E-state index in [4.69, 9.17) is 4.74 Å². The highest BCUT2D eigenvalue weighted by Gasteiger charge is 2.33. The Hall–Kier alpha value is -2.87. The molecule has 1 aliphatic heterocycles. The van der Waals surface area contributed by atoms with Gasteiger partial charge in [-0.15, -0.1) is 0 Å². The number of aromatic nitrogens is 1. The van der Waals surface area contributed by atoms with Gasteiger partial charge in [-0.05, 0) is 24.6 Å². The van der Waals surface area contributed by atoms with Crippen molar-refractivity contribution in [1.29, 1.82) is 0 Å². The number of quaternary nitrogens is 1. The van der Waals surface area contributed by atoms with Gasteiger partial charge in [0.25, 0.3) is 5.91 Å². The predicted molar refractivity (Wildman–Crippen MR) is 101 cm³/mol. The van der Waals surface area contributed by atoms with Gasteiger partial charge in [-0.1, -0.05) is 0 Å². The zero-order valence-electron chi connectivity index (χ0n) is 15.8. The number of amides is 1. The molecule has 2 heterocycles. The largest absolute Gasteiger partial charge is 0.490 e. The van der Waals surface area contributed by atoms with E-state index in [-0.39, 0.29) is 17.3 Å². The molecular formula is C19H25N4O4+. The summed E-state index contributed by atoms with van der Waals surface area (Å²) in [4.78, 5) is 24.5. The number of anilines is 1. The molecule has 2 aromatic rings. The van der Waals surface area contributed by atoms with Crippen LogP contribution in [0, 0.1) is 17.0 Å². The molecule has 2 N–H and O–H groups in total. The number of likely N-dealkylation sites (tertiary alicyclic amines) is 1. The Kier molecular flexibility index (Phi) is 5.46. The topological polar surface area (TPSA) is 90.8 Å². The number of hydrogen-bond acceptors (Lipinski definition) is 4. The van der Waals surface area contributed by atoms with E-state index in [1.54, 1.807) is 6.92 Å². The number of ether oxygens (including phenoxy) is 1. The second-order valence-corrected chi connectivity index (χ2v) is 6.97. The molecule has 1 aromatic carbocycles. The molecule has 0 aliphatic carbocycles. The van der Waals surface area contributed by atoms with Gasteiger partial charge in [-0.2, -0.15) is 0 Å². The molecule has 1 aliphatic rings. The van der Waals surface area contributed by atoms with Gasteiger partial charge in [0.2, 0.25) is 0 Å². The molecule has 2 atom stereocenters. The highest BCUT2D eigenvalue weighted by Crippen LogP contribution is 2.32. The number of nitrogens with one attached hydrogen (secondary N) is 2. The molecule has 8 nitrogen and oxygen atoms in total. The van der Waals surface area contributed by atoms with Crippen molar-refractivity contribution >= 4 is 17.3 Å². The molecule has 0 spiro atoms. The average Bonchev–Trinajstić information content (AvgIpc) is 3.24. The van der Waals surface area contributed by atoms with Crippen molar-refractivity contribution in [1.82, 2.24) is 4.57 Å². The first-order valence-corrected chi connectivity index (χ1v) is 8.99. The SMILES string of the molecule is COc1cc(NC(=O)C[NH+]2CCC[C@H]2c2cccn2C)c(C)cc1[N+](=O)[O-]. The summed E-state index contributed by atoms with van der Waals surface area (Å²) in [7, 11) is 3.40. The summed E-state index contributed by atoms with van der Waals surface area (Å²) < 4.78 is 7.21. The van der Waals surface area contributed by atoms with Crippen molar-refractivity contribution in [3.05, 3.63) is 51.8 Å². The molecule has 27 heavy (non-hydrogen) atoms. The summed E-state index contributed by atoms with van der Waals surface area (Å²) in [5.41, 5.74) is 2.30. The third-order valence-corrected chi connectivity index (χ3v) is 5.21. The lowest BCUT2D eigenvalue weighted by Gasteiger charge is -2.22. The molecule has 0 saturated carbocycles. The van der Waals surface area contributed by atoms with Crippen LogP contribution < -0.4 is 15.0 Å². The number of rotatable bonds is 6. The molecule has 1 unspecified atom stereocenters. The number of methoxy groups -OCH3 is 1. The third kappa shape index (κ3) is 3.95. The number of nitrogens with zero attached hydrogens (tertiary/aromatic N) is 2. The predicted octanol–water partition coefficient (Wildman–Crippen LogP) is 1.61. The van der Waals surface area contributed by atoms with Crippen molar-refractivity contribution in [2.75, 3.05) is 25.5 Å². The lowest BCUT2D eigenvalue weighted by atomic mass is 10.1. The van der Waals surface area contributed by atoms with Crippen LogP contribution in [0.15, 0.2) is 30.5 Å². The fraction of sp³-hybridized carbons (Fsp3) is 0.421. The van der Waals surface area contributed by atoms with Crippen LogP contribution in [0.4, 0.5) is 11.4 Å². The van der Waals surface area contributed by atoms with Crippen LogP contribution >= 0.6 is 0 Å². The van der Waals surface area contributed by atoms with Gasteiger partial charge < -0.3 is 19.5 Å². The summed E-state index contributed by atoms with van der Waals surface area (Å²) in [6, 6.07) is 7.38. The fourth-order valence-corrected chi connectivity index (χ4v) is 3.83. The zero-order chi connectivity index (χ0) is 19.6. The van der Waals surface area contributed by atoms with E-state index in [0.29, 0.717) is 23.8 Å². The molecule has 144 valence electrons. The van der Waals surface area contributed by atoms with Crippen LogP contribution in [0.1, 0.15) is 30.1 Å². The summed E-state index contributed by atoms with van der Waals surface area (Å²) in [6.07, 6.45) is 4.17. The molecule has 1 aromatic heterocycles. The molecule has 1 amide bonds. The quantitative estimate of drug-likeness (QED) is 0.595. The number of carbonyl (C=O) groups is 1. The van der Waals surface area contributed by atoms with Gasteiger partial charge in [0.1, 0.15) is 6.04 Å². The maximum Gasteiger partial charge on any atom is 0.311 e. The number of hydrogen-bond donors (Lipinski definition) is 2. The first kappa shape index (κ1) is 18.9. The number of nitro benzene ring substituents is 1. The van der Waals surface area contributed by atoms with Crippen LogP contribution in [0.3, 0.4) is 0 Å². The van der Waals surface area contributed by atoms with Crippen molar-refractivity contribution in [2.24, 2.45) is 7.05 Å². The van der Waals surface area contributed by atoms with E-state index < -0.39 is 4.92 Å². The normalized spacial score (nSPS) is 19.1. The molecule has 8 heteroatoms. The van der Waals surface area contributed by atoms with Gasteiger partial charge >= 0.3 is 5.69 Å². The molecule has 1 fully saturated rings. The second kappa shape index (κ2) is 7.79. The van der Waals surface area contributed by atoms with Crippen LogP contribution in [-0.4, -0.2) is 35.6 Å². The van der Waals surface area contributed by atoms with Crippen molar-refractivity contribution in [3.63, 3.8) is 0 Å². The smallest absolute Gasteiger partial charge is 0.311 e. The van der Waals surface area contributed by atoms with E-state index in [0.717, 1.165) is 19.4 Å². The first-order valence-electron chi connectivity index (χ1n) is 8.99. The van der Waals surface area contributed by atoms with Gasteiger partial charge in [0.05, 0.1) is 24.3 Å². The maximum atomic E-state index is 12.6. The van der Waals surface area contributed by atoms with Crippen LogP contribution in [0.2, 0.25) is 0 Å². The number of carbonyl (C=O) groups excluding carboxylic acids is 1. The van der Waals surface area contributed by atoms with E-state index in [2.05, 4.69) is 16.0 Å².